The van der Waals surface area contributed by atoms with Gasteiger partial charge in [0.1, 0.15) is 11.6 Å². The summed E-state index contributed by atoms with van der Waals surface area (Å²) >= 11 is 9.97. The minimum Gasteiger partial charge on any atom is -0.466 e. The number of halogens is 2. The maximum Gasteiger partial charge on any atom is 0.312 e. The van der Waals surface area contributed by atoms with E-state index in [1.807, 2.05) is 26.8 Å². The van der Waals surface area contributed by atoms with Gasteiger partial charge in [0.05, 0.1) is 47.9 Å². The molecule has 10 heteroatoms. The van der Waals surface area contributed by atoms with Gasteiger partial charge >= 0.3 is 5.97 Å². The second-order valence-corrected chi connectivity index (χ2v) is 11.2. The molecule has 2 amide bonds. The number of hydrogen-bond acceptors (Lipinski definition) is 6. The van der Waals surface area contributed by atoms with Crippen LogP contribution < -0.4 is 5.32 Å². The number of carbonyl (C=O) groups excluding carboxylic acids is 3. The number of rotatable bonds is 7. The molecule has 0 aromatic heterocycles. The fourth-order valence-corrected chi connectivity index (χ4v) is 7.05. The third-order valence-corrected chi connectivity index (χ3v) is 8.48. The van der Waals surface area contributed by atoms with E-state index < -0.39 is 47.5 Å². The van der Waals surface area contributed by atoms with Crippen molar-refractivity contribution < 1.29 is 29.0 Å². The van der Waals surface area contributed by atoms with E-state index in [0.717, 1.165) is 5.56 Å². The third-order valence-electron chi connectivity index (χ3n) is 7.32. The van der Waals surface area contributed by atoms with E-state index in [2.05, 4.69) is 21.2 Å². The summed E-state index contributed by atoms with van der Waals surface area (Å²) in [4.78, 5) is 42.0. The van der Waals surface area contributed by atoms with E-state index in [1.165, 1.54) is 4.90 Å². The van der Waals surface area contributed by atoms with Crippen molar-refractivity contribution in [2.45, 2.75) is 62.7 Å². The summed E-state index contributed by atoms with van der Waals surface area (Å²) in [7, 11) is 0. The van der Waals surface area contributed by atoms with Crippen molar-refractivity contribution in [2.24, 2.45) is 17.8 Å². The Balaban J connectivity index is 1.81. The second kappa shape index (κ2) is 9.41. The molecule has 186 valence electrons. The molecule has 3 fully saturated rings. The fourth-order valence-electron chi connectivity index (χ4n) is 5.83. The predicted octanol–water partition coefficient (Wildman–Crippen LogP) is 2.91. The Morgan fingerprint density at radius 2 is 2.12 bits per heavy atom. The molecule has 3 unspecified atom stereocenters. The highest BCUT2D eigenvalue weighted by atomic mass is 79.9. The number of anilines is 1. The van der Waals surface area contributed by atoms with Gasteiger partial charge in [0, 0.05) is 4.83 Å². The lowest BCUT2D eigenvalue weighted by Crippen LogP contribution is -2.57. The second-order valence-electron chi connectivity index (χ2n) is 9.58. The quantitative estimate of drug-likeness (QED) is 0.395. The summed E-state index contributed by atoms with van der Waals surface area (Å²) in [5, 5.41) is 13.5. The first-order chi connectivity index (χ1) is 16.1. The van der Waals surface area contributed by atoms with Crippen LogP contribution in [-0.2, 0) is 23.9 Å². The van der Waals surface area contributed by atoms with Crippen molar-refractivity contribution in [2.75, 3.05) is 18.5 Å². The van der Waals surface area contributed by atoms with E-state index in [4.69, 9.17) is 21.1 Å². The molecule has 1 aromatic carbocycles. The molecule has 3 aliphatic rings. The summed E-state index contributed by atoms with van der Waals surface area (Å²) in [5.41, 5.74) is -0.00123. The zero-order valence-electron chi connectivity index (χ0n) is 19.6. The number of aliphatic hydroxyl groups excluding tert-OH is 1. The van der Waals surface area contributed by atoms with Crippen molar-refractivity contribution >= 4 is 51.0 Å². The molecule has 3 aliphatic heterocycles. The van der Waals surface area contributed by atoms with Crippen molar-refractivity contribution in [1.29, 1.82) is 0 Å². The molecule has 0 radical (unpaired) electrons. The Hall–Kier alpha value is -1.68. The van der Waals surface area contributed by atoms with Crippen molar-refractivity contribution in [1.82, 2.24) is 4.90 Å². The minimum atomic E-state index is -1.23. The van der Waals surface area contributed by atoms with Gasteiger partial charge in [0.2, 0.25) is 11.8 Å². The van der Waals surface area contributed by atoms with Crippen LogP contribution in [0.15, 0.2) is 18.2 Å². The highest BCUT2D eigenvalue weighted by molar-refractivity contribution is 9.09. The molecular weight excluding hydrogens is 528 g/mol. The van der Waals surface area contributed by atoms with Crippen LogP contribution in [0.3, 0.4) is 0 Å². The maximum absolute atomic E-state index is 13.9. The molecule has 2 N–H and O–H groups in total. The summed E-state index contributed by atoms with van der Waals surface area (Å²) in [5.74, 6) is -3.19. The Morgan fingerprint density at radius 1 is 1.41 bits per heavy atom. The number of aliphatic hydroxyl groups is 1. The number of hydrogen-bond donors (Lipinski definition) is 2. The number of carbonyl (C=O) groups is 3. The number of aryl methyl sites for hydroxylation is 1. The van der Waals surface area contributed by atoms with Gasteiger partial charge in [-0.15, -0.1) is 0 Å². The van der Waals surface area contributed by atoms with Gasteiger partial charge in [0.15, 0.2) is 0 Å². The van der Waals surface area contributed by atoms with E-state index in [9.17, 15) is 19.5 Å². The average Bonchev–Trinajstić information content (AvgIpc) is 3.35. The topological polar surface area (TPSA) is 105 Å². The summed E-state index contributed by atoms with van der Waals surface area (Å²) in [6.07, 6.45) is -0.213. The number of alkyl halides is 1. The van der Waals surface area contributed by atoms with Crippen LogP contribution in [0.25, 0.3) is 0 Å². The standard InChI is InChI=1S/C24H30BrClN2O6/c1-5-33-23(32)16-17-22(31)28(15(10-29)11(2)3)20(24(17)9-13(25)19(16)34-24)21(30)27-18-12(4)7-6-8-14(18)26/h6-8,11,13,15-17,19-20,29H,5,9-10H2,1-4H3,(H,27,30)/t13?,15-,16-,17-,19-,20?,24?/m0/s1. The Labute approximate surface area is 212 Å². The van der Waals surface area contributed by atoms with Gasteiger partial charge < -0.3 is 24.8 Å². The smallest absolute Gasteiger partial charge is 0.312 e. The molecule has 7 atom stereocenters. The lowest BCUT2D eigenvalue weighted by molar-refractivity contribution is -0.155. The first-order valence-corrected chi connectivity index (χ1v) is 12.9. The fraction of sp³-hybridized carbons (Fsp3) is 0.625. The zero-order valence-corrected chi connectivity index (χ0v) is 21.9. The largest absolute Gasteiger partial charge is 0.466 e. The molecule has 0 saturated carbocycles. The average molecular weight is 558 g/mol. The highest BCUT2D eigenvalue weighted by Crippen LogP contribution is 2.60. The number of esters is 1. The first kappa shape index (κ1) is 25.4. The SMILES string of the molecule is CCOC(=O)[C@H]1[C@H]2C(=O)N([C@@H](CO)C(C)C)C(C(=O)Nc3c(C)cccc3Cl)C23CC(Br)[C@@H]1O3. The minimum absolute atomic E-state index is 0.139. The van der Waals surface area contributed by atoms with Gasteiger partial charge in [-0.3, -0.25) is 14.4 Å². The van der Waals surface area contributed by atoms with Gasteiger partial charge in [0.25, 0.3) is 0 Å². The maximum atomic E-state index is 13.9. The predicted molar refractivity (Wildman–Crippen MR) is 130 cm³/mol. The molecule has 4 rings (SSSR count). The van der Waals surface area contributed by atoms with Crippen LogP contribution in [-0.4, -0.2) is 69.6 Å². The van der Waals surface area contributed by atoms with Crippen LogP contribution in [0, 0.1) is 24.7 Å². The summed E-state index contributed by atoms with van der Waals surface area (Å²) in [6, 6.07) is 3.61. The van der Waals surface area contributed by atoms with E-state index in [-0.39, 0.29) is 29.9 Å². The zero-order chi connectivity index (χ0) is 24.9. The number of fused-ring (bicyclic) bond motifs is 1. The molecule has 34 heavy (non-hydrogen) atoms. The monoisotopic (exact) mass is 556 g/mol. The van der Waals surface area contributed by atoms with Gasteiger partial charge in [-0.25, -0.2) is 0 Å². The summed E-state index contributed by atoms with van der Waals surface area (Å²) < 4.78 is 11.7. The van der Waals surface area contributed by atoms with E-state index >= 15 is 0 Å². The van der Waals surface area contributed by atoms with Gasteiger partial charge in [-0.1, -0.05) is 53.5 Å². The van der Waals surface area contributed by atoms with Crippen LogP contribution >= 0.6 is 27.5 Å². The molecule has 0 aliphatic carbocycles. The molecular formula is C24H30BrClN2O6. The van der Waals surface area contributed by atoms with E-state index in [0.29, 0.717) is 17.1 Å². The van der Waals surface area contributed by atoms with Crippen LogP contribution in [0.5, 0.6) is 0 Å². The Morgan fingerprint density at radius 3 is 2.71 bits per heavy atom. The molecule has 3 heterocycles. The van der Waals surface area contributed by atoms with Crippen LogP contribution in [0.2, 0.25) is 5.02 Å². The van der Waals surface area contributed by atoms with Gasteiger partial charge in [-0.05, 0) is 37.8 Å². The van der Waals surface area contributed by atoms with Crippen LogP contribution in [0.1, 0.15) is 32.8 Å². The molecule has 1 spiro atoms. The number of ether oxygens (including phenoxy) is 2. The number of nitrogens with zero attached hydrogens (tertiary/aromatic N) is 1. The van der Waals surface area contributed by atoms with Crippen LogP contribution in [0.4, 0.5) is 5.69 Å². The number of amides is 2. The number of likely N-dealkylation sites (tertiary alicyclic amines) is 1. The summed E-state index contributed by atoms with van der Waals surface area (Å²) in [6.45, 7) is 7.13. The first-order valence-electron chi connectivity index (χ1n) is 11.6. The van der Waals surface area contributed by atoms with Crippen molar-refractivity contribution in [3.63, 3.8) is 0 Å². The lowest BCUT2D eigenvalue weighted by Gasteiger charge is -2.38. The van der Waals surface area contributed by atoms with E-state index in [1.54, 1.807) is 19.1 Å². The lowest BCUT2D eigenvalue weighted by atomic mass is 9.70. The van der Waals surface area contributed by atoms with Gasteiger partial charge in [-0.2, -0.15) is 0 Å². The van der Waals surface area contributed by atoms with Crippen molar-refractivity contribution in [3.05, 3.63) is 28.8 Å². The molecule has 8 nitrogen and oxygen atoms in total. The Bertz CT molecular complexity index is 985. The van der Waals surface area contributed by atoms with Crippen molar-refractivity contribution in [3.8, 4) is 0 Å². The molecule has 3 saturated heterocycles. The normalized spacial score (nSPS) is 32.8. The molecule has 1 aromatic rings. The number of benzene rings is 1. The Kier molecular flexibility index (Phi) is 7.03. The number of para-hydroxylation sites is 1. The third kappa shape index (κ3) is 3.75. The number of nitrogens with one attached hydrogen (secondary N) is 1. The molecule has 2 bridgehead atoms. The highest BCUT2D eigenvalue weighted by Gasteiger charge is 2.77.